The molecule has 0 aliphatic carbocycles. The van der Waals surface area contributed by atoms with Crippen LogP contribution in [-0.4, -0.2) is 53.3 Å². The highest BCUT2D eigenvalue weighted by Gasteiger charge is 2.57. The molecule has 2 amide bonds. The Balaban J connectivity index is 1.60. The molecular weight excluding hydrogens is 643 g/mol. The second-order valence-electron chi connectivity index (χ2n) is 10.7. The number of nitrogens with zero attached hydrogens (tertiary/aromatic N) is 2. The number of pyridine rings is 2. The molecule has 2 aromatic carbocycles. The number of halogens is 6. The maximum absolute atomic E-state index is 14.7. The van der Waals surface area contributed by atoms with E-state index in [4.69, 9.17) is 38.4 Å². The first kappa shape index (κ1) is 32.2. The quantitative estimate of drug-likeness (QED) is 0.178. The highest BCUT2D eigenvalue weighted by molar-refractivity contribution is 6.31. The van der Waals surface area contributed by atoms with E-state index >= 15 is 0 Å². The molecule has 1 unspecified atom stereocenters. The van der Waals surface area contributed by atoms with Gasteiger partial charge in [-0.25, -0.2) is 14.4 Å². The Morgan fingerprint density at radius 1 is 1.16 bits per heavy atom. The zero-order valence-electron chi connectivity index (χ0n) is 23.8. The average molecular weight is 667 g/mol. The van der Waals surface area contributed by atoms with E-state index in [1.165, 1.54) is 32.2 Å². The Morgan fingerprint density at radius 2 is 1.87 bits per heavy atom. The lowest BCUT2D eigenvalue weighted by molar-refractivity contribution is -0.265. The van der Waals surface area contributed by atoms with Gasteiger partial charge in [-0.15, -0.1) is 0 Å². The fraction of sp³-hybridized carbons (Fsp3) is 0.267. The summed E-state index contributed by atoms with van der Waals surface area (Å²) < 4.78 is 69.1. The van der Waals surface area contributed by atoms with Crippen LogP contribution in [0.2, 0.25) is 10.2 Å². The van der Waals surface area contributed by atoms with Gasteiger partial charge in [0, 0.05) is 22.1 Å². The van der Waals surface area contributed by atoms with Crippen molar-refractivity contribution in [3.8, 4) is 22.8 Å². The van der Waals surface area contributed by atoms with Crippen molar-refractivity contribution in [3.05, 3.63) is 80.8 Å². The first-order chi connectivity index (χ1) is 21.0. The van der Waals surface area contributed by atoms with Crippen LogP contribution in [0.1, 0.15) is 34.1 Å². The number of methoxy groups -OCH3 is 1. The highest BCUT2D eigenvalue weighted by atomic mass is 35.5. The number of aromatic nitrogens is 2. The smallest absolute Gasteiger partial charge is 0.424 e. The number of benzene rings is 2. The number of fused-ring (bicyclic) bond motifs is 2. The Kier molecular flexibility index (Phi) is 8.09. The van der Waals surface area contributed by atoms with Gasteiger partial charge in [-0.1, -0.05) is 23.2 Å². The number of amides is 2. The number of aliphatic hydroxyl groups is 1. The molecule has 9 nitrogen and oxygen atoms in total. The highest BCUT2D eigenvalue weighted by Crippen LogP contribution is 2.48. The molecule has 0 saturated heterocycles. The number of nitrogens with one attached hydrogen (secondary N) is 1. The molecule has 0 radical (unpaired) electrons. The molecule has 2 atom stereocenters. The lowest BCUT2D eigenvalue weighted by atomic mass is 9.81. The summed E-state index contributed by atoms with van der Waals surface area (Å²) in [5, 5.41) is 13.7. The van der Waals surface area contributed by atoms with Crippen LogP contribution in [0.5, 0.6) is 11.5 Å². The topological polar surface area (TPSA) is 137 Å². The van der Waals surface area contributed by atoms with E-state index in [0.29, 0.717) is 16.5 Å². The number of alkyl halides is 3. The number of nitrogens with two attached hydrogens (primary N) is 1. The molecule has 1 aliphatic heterocycles. The third kappa shape index (κ3) is 5.49. The predicted molar refractivity (Wildman–Crippen MR) is 157 cm³/mol. The van der Waals surface area contributed by atoms with Crippen LogP contribution in [0.3, 0.4) is 0 Å². The first-order valence-corrected chi connectivity index (χ1v) is 13.9. The maximum atomic E-state index is 14.7. The van der Waals surface area contributed by atoms with Gasteiger partial charge in [0.05, 0.1) is 24.4 Å². The van der Waals surface area contributed by atoms with Crippen molar-refractivity contribution < 1.29 is 41.7 Å². The van der Waals surface area contributed by atoms with Gasteiger partial charge >= 0.3 is 6.18 Å². The van der Waals surface area contributed by atoms with Crippen LogP contribution in [0.4, 0.5) is 17.6 Å². The second kappa shape index (κ2) is 11.3. The SMILES string of the molecule is COc1cc(C(=O)NCC(O)(c2cc3c(c(-c4ccc(F)c(Cl)c4)n2)OC[C@]3(C)C(N)=O)C(F)(F)F)cc2cc(C)c(Cl)nc12. The van der Waals surface area contributed by atoms with Crippen LogP contribution in [0.15, 0.2) is 42.5 Å². The number of ether oxygens (including phenoxy) is 2. The number of hydrogen-bond donors (Lipinski definition) is 3. The number of aryl methyl sites for hydroxylation is 1. The molecule has 4 N–H and O–H groups in total. The molecular formula is C30H24Cl2F4N4O5. The standard InChI is InChI=1S/C30H24Cl2F4N4O5/c1-13-6-15-7-16(9-20(44-3)22(15)40-25(13)32)26(41)38-11-29(43,30(34,35)36)21-10-17-24(45-12-28(17,2)27(37)42)23(39-21)14-4-5-19(33)18(31)8-14/h4-10,43H,11-12H2,1-3H3,(H2,37,42)(H,38,41)/t28-,29?/m0/s1. The van der Waals surface area contributed by atoms with Crippen molar-refractivity contribution in [2.24, 2.45) is 5.73 Å². The van der Waals surface area contributed by atoms with E-state index in [1.54, 1.807) is 13.0 Å². The molecule has 3 heterocycles. The van der Waals surface area contributed by atoms with Crippen molar-refractivity contribution >= 4 is 45.9 Å². The summed E-state index contributed by atoms with van der Waals surface area (Å²) in [4.78, 5) is 33.9. The minimum absolute atomic E-state index is 0.0362. The van der Waals surface area contributed by atoms with Crippen LogP contribution >= 0.6 is 23.2 Å². The monoisotopic (exact) mass is 666 g/mol. The molecule has 0 saturated carbocycles. The third-order valence-electron chi connectivity index (χ3n) is 7.70. The number of hydrogen-bond acceptors (Lipinski definition) is 7. The molecule has 0 spiro atoms. The molecule has 0 fully saturated rings. The Bertz CT molecular complexity index is 1890. The van der Waals surface area contributed by atoms with Crippen molar-refractivity contribution in [2.45, 2.75) is 31.0 Å². The molecule has 236 valence electrons. The number of primary amides is 1. The molecule has 4 aromatic rings. The molecule has 1 aliphatic rings. The van der Waals surface area contributed by atoms with Crippen molar-refractivity contribution in [1.29, 1.82) is 0 Å². The van der Waals surface area contributed by atoms with Gasteiger partial charge in [0.15, 0.2) is 0 Å². The first-order valence-electron chi connectivity index (χ1n) is 13.2. The summed E-state index contributed by atoms with van der Waals surface area (Å²) in [5.41, 5.74) is -0.281. The van der Waals surface area contributed by atoms with E-state index in [2.05, 4.69) is 15.3 Å². The lowest BCUT2D eigenvalue weighted by Gasteiger charge is -2.31. The summed E-state index contributed by atoms with van der Waals surface area (Å²) >= 11 is 12.0. The van der Waals surface area contributed by atoms with E-state index in [-0.39, 0.29) is 50.7 Å². The number of carbonyl (C=O) groups is 2. The van der Waals surface area contributed by atoms with E-state index in [1.807, 2.05) is 0 Å². The van der Waals surface area contributed by atoms with E-state index in [0.717, 1.165) is 18.2 Å². The van der Waals surface area contributed by atoms with Crippen LogP contribution in [0, 0.1) is 12.7 Å². The summed E-state index contributed by atoms with van der Waals surface area (Å²) in [6.07, 6.45) is -5.40. The minimum Gasteiger partial charge on any atom is -0.494 e. The lowest BCUT2D eigenvalue weighted by Crippen LogP contribution is -2.51. The molecule has 2 aromatic heterocycles. The average Bonchev–Trinajstić information content (AvgIpc) is 3.34. The molecule has 0 bridgehead atoms. The minimum atomic E-state index is -5.40. The second-order valence-corrected chi connectivity index (χ2v) is 11.5. The number of carbonyl (C=O) groups excluding carboxylic acids is 2. The number of rotatable bonds is 7. The Labute approximate surface area is 263 Å². The van der Waals surface area contributed by atoms with Gasteiger partial charge in [0.1, 0.15) is 45.7 Å². The fourth-order valence-electron chi connectivity index (χ4n) is 4.91. The normalized spacial score (nSPS) is 17.4. The summed E-state index contributed by atoms with van der Waals surface area (Å²) in [6.45, 7) is 1.31. The van der Waals surface area contributed by atoms with Crippen LogP contribution in [0.25, 0.3) is 22.2 Å². The van der Waals surface area contributed by atoms with E-state index < -0.39 is 47.1 Å². The Hall–Kier alpha value is -4.20. The maximum Gasteiger partial charge on any atom is 0.424 e. The Morgan fingerprint density at radius 3 is 2.49 bits per heavy atom. The zero-order chi connectivity index (χ0) is 33.1. The van der Waals surface area contributed by atoms with E-state index in [9.17, 15) is 32.3 Å². The van der Waals surface area contributed by atoms with Crippen LogP contribution < -0.4 is 20.5 Å². The summed E-state index contributed by atoms with van der Waals surface area (Å²) in [6, 6.07) is 8.42. The fourth-order valence-corrected chi connectivity index (χ4v) is 5.23. The van der Waals surface area contributed by atoms with Crippen molar-refractivity contribution in [2.75, 3.05) is 20.3 Å². The summed E-state index contributed by atoms with van der Waals surface area (Å²) in [7, 11) is 1.32. The van der Waals surface area contributed by atoms with Gasteiger partial charge in [-0.3, -0.25) is 9.59 Å². The largest absolute Gasteiger partial charge is 0.494 e. The van der Waals surface area contributed by atoms with Gasteiger partial charge in [-0.05, 0) is 61.9 Å². The summed E-state index contributed by atoms with van der Waals surface area (Å²) in [5.74, 6) is -2.66. The van der Waals surface area contributed by atoms with Gasteiger partial charge in [0.2, 0.25) is 11.5 Å². The molecule has 15 heteroatoms. The van der Waals surface area contributed by atoms with Gasteiger partial charge in [-0.2, -0.15) is 13.2 Å². The predicted octanol–water partition coefficient (Wildman–Crippen LogP) is 5.38. The van der Waals surface area contributed by atoms with Crippen molar-refractivity contribution in [3.63, 3.8) is 0 Å². The molecule has 5 rings (SSSR count). The van der Waals surface area contributed by atoms with Gasteiger partial charge in [0.25, 0.3) is 5.91 Å². The van der Waals surface area contributed by atoms with Crippen LogP contribution in [-0.2, 0) is 15.8 Å². The zero-order valence-corrected chi connectivity index (χ0v) is 25.3. The van der Waals surface area contributed by atoms with Gasteiger partial charge < -0.3 is 25.6 Å². The molecule has 45 heavy (non-hydrogen) atoms. The third-order valence-corrected chi connectivity index (χ3v) is 8.37. The van der Waals surface area contributed by atoms with Crippen molar-refractivity contribution in [1.82, 2.24) is 15.3 Å².